The quantitative estimate of drug-likeness (QED) is 0.605. The molecule has 0 saturated heterocycles. The van der Waals surface area contributed by atoms with Gasteiger partial charge in [-0.05, 0) is 17.7 Å². The monoisotopic (exact) mass is 224 g/mol. The molecule has 0 aromatic heterocycles. The molecular weight excluding hydrogens is 216 g/mol. The normalized spacial score (nSPS) is 9.25. The Hall–Kier alpha value is -2.50. The Morgan fingerprint density at radius 3 is 2.19 bits per heavy atom. The van der Waals surface area contributed by atoms with Gasteiger partial charge in [-0.25, -0.2) is 9.59 Å². The highest BCUT2D eigenvalue weighted by molar-refractivity contribution is 5.68. The van der Waals surface area contributed by atoms with E-state index < -0.39 is 12.3 Å². The molecule has 0 radical (unpaired) electrons. The van der Waals surface area contributed by atoms with Crippen LogP contribution in [0.4, 0.5) is 9.59 Å². The van der Waals surface area contributed by atoms with Crippen LogP contribution in [0.3, 0.4) is 0 Å². The van der Waals surface area contributed by atoms with Crippen molar-refractivity contribution in [1.82, 2.24) is 0 Å². The van der Waals surface area contributed by atoms with Gasteiger partial charge in [-0.15, -0.1) is 0 Å². The Kier molecular flexibility index (Phi) is 3.49. The average molecular weight is 224 g/mol. The largest absolute Gasteiger partial charge is 0.511 e. The van der Waals surface area contributed by atoms with Crippen LogP contribution in [-0.4, -0.2) is 22.5 Å². The number of rotatable bonds is 3. The van der Waals surface area contributed by atoms with Gasteiger partial charge in [0, 0.05) is 0 Å². The van der Waals surface area contributed by atoms with Crippen molar-refractivity contribution in [2.75, 3.05) is 0 Å². The number of benzene rings is 1. The van der Waals surface area contributed by atoms with Crippen LogP contribution in [0.1, 0.15) is 5.56 Å². The van der Waals surface area contributed by atoms with E-state index in [1.54, 1.807) is 0 Å². The lowest BCUT2D eigenvalue weighted by molar-refractivity contribution is 0.132. The van der Waals surface area contributed by atoms with Crippen LogP contribution in [0.25, 0.3) is 6.08 Å². The van der Waals surface area contributed by atoms with Crippen LogP contribution >= 0.6 is 0 Å². The van der Waals surface area contributed by atoms with Crippen molar-refractivity contribution in [2.24, 2.45) is 0 Å². The standard InChI is InChI=1S/C10H8O6/c1-2-6-3-4-7(15-9(11)12)8(5-6)16-10(13)14/h2-5H,1H2,(H,11,12)(H,13,14). The van der Waals surface area contributed by atoms with E-state index in [0.717, 1.165) is 0 Å². The maximum absolute atomic E-state index is 10.4. The van der Waals surface area contributed by atoms with E-state index in [1.807, 2.05) is 0 Å². The van der Waals surface area contributed by atoms with Gasteiger partial charge in [-0.1, -0.05) is 18.7 Å². The Balaban J connectivity index is 3.09. The summed E-state index contributed by atoms with van der Waals surface area (Å²) in [6.45, 7) is 3.48. The first-order valence-corrected chi connectivity index (χ1v) is 4.11. The Morgan fingerprint density at radius 2 is 1.69 bits per heavy atom. The van der Waals surface area contributed by atoms with E-state index in [9.17, 15) is 9.59 Å². The molecule has 0 heterocycles. The van der Waals surface area contributed by atoms with Crippen LogP contribution in [0.5, 0.6) is 11.5 Å². The molecule has 0 amide bonds. The summed E-state index contributed by atoms with van der Waals surface area (Å²) < 4.78 is 8.71. The molecule has 0 bridgehead atoms. The zero-order valence-corrected chi connectivity index (χ0v) is 8.04. The molecule has 6 heteroatoms. The summed E-state index contributed by atoms with van der Waals surface area (Å²) in [4.78, 5) is 20.7. The highest BCUT2D eigenvalue weighted by Crippen LogP contribution is 2.29. The molecule has 0 spiro atoms. The van der Waals surface area contributed by atoms with Crippen LogP contribution in [-0.2, 0) is 0 Å². The molecule has 0 unspecified atom stereocenters. The number of hydrogen-bond acceptors (Lipinski definition) is 4. The minimum atomic E-state index is -1.56. The summed E-state index contributed by atoms with van der Waals surface area (Å²) in [7, 11) is 0. The highest BCUT2D eigenvalue weighted by Gasteiger charge is 2.12. The van der Waals surface area contributed by atoms with E-state index in [1.165, 1.54) is 24.3 Å². The van der Waals surface area contributed by atoms with E-state index >= 15 is 0 Å². The Bertz CT molecular complexity index is 437. The second kappa shape index (κ2) is 4.83. The molecule has 0 aliphatic rings. The van der Waals surface area contributed by atoms with Crippen LogP contribution < -0.4 is 9.47 Å². The maximum Gasteiger partial charge on any atom is 0.511 e. The van der Waals surface area contributed by atoms with Gasteiger partial charge in [-0.3, -0.25) is 0 Å². The van der Waals surface area contributed by atoms with Crippen molar-refractivity contribution >= 4 is 18.4 Å². The maximum atomic E-state index is 10.4. The van der Waals surface area contributed by atoms with E-state index in [0.29, 0.717) is 5.56 Å². The fourth-order valence-electron chi connectivity index (χ4n) is 1.00. The van der Waals surface area contributed by atoms with Crippen molar-refractivity contribution in [1.29, 1.82) is 0 Å². The van der Waals surface area contributed by atoms with Crippen LogP contribution in [0.2, 0.25) is 0 Å². The van der Waals surface area contributed by atoms with Crippen molar-refractivity contribution in [3.05, 3.63) is 30.3 Å². The first kappa shape index (κ1) is 11.6. The third-order valence-electron chi connectivity index (χ3n) is 1.60. The first-order valence-electron chi connectivity index (χ1n) is 4.11. The average Bonchev–Trinajstić information content (AvgIpc) is 2.19. The molecule has 0 aliphatic carbocycles. The lowest BCUT2D eigenvalue weighted by Gasteiger charge is -2.07. The molecular formula is C10H8O6. The predicted octanol–water partition coefficient (Wildman–Crippen LogP) is 2.44. The van der Waals surface area contributed by atoms with Crippen molar-refractivity contribution in [3.8, 4) is 11.5 Å². The van der Waals surface area contributed by atoms with Gasteiger partial charge >= 0.3 is 12.3 Å². The van der Waals surface area contributed by atoms with Gasteiger partial charge in [-0.2, -0.15) is 0 Å². The predicted molar refractivity (Wildman–Crippen MR) is 53.8 cm³/mol. The molecule has 1 aromatic rings. The lowest BCUT2D eigenvalue weighted by atomic mass is 10.2. The van der Waals surface area contributed by atoms with Crippen molar-refractivity contribution in [3.63, 3.8) is 0 Å². The molecule has 16 heavy (non-hydrogen) atoms. The second-order valence-corrected chi connectivity index (χ2v) is 2.65. The molecule has 2 N–H and O–H groups in total. The SMILES string of the molecule is C=Cc1ccc(OC(=O)O)c(OC(=O)O)c1. The topological polar surface area (TPSA) is 93.1 Å². The fraction of sp³-hybridized carbons (Fsp3) is 0. The molecule has 1 rings (SSSR count). The first-order chi connectivity index (χ1) is 7.52. The van der Waals surface area contributed by atoms with Crippen LogP contribution in [0.15, 0.2) is 24.8 Å². The number of carbonyl (C=O) groups is 2. The molecule has 1 aromatic carbocycles. The number of ether oxygens (including phenoxy) is 2. The summed E-state index contributed by atoms with van der Waals surface area (Å²) in [6, 6.07) is 4.10. The van der Waals surface area contributed by atoms with Crippen LogP contribution in [0, 0.1) is 0 Å². The molecule has 0 saturated carbocycles. The molecule has 0 aliphatic heterocycles. The zero-order chi connectivity index (χ0) is 12.1. The molecule has 6 nitrogen and oxygen atoms in total. The van der Waals surface area contributed by atoms with E-state index in [2.05, 4.69) is 16.1 Å². The Labute approximate surface area is 90.3 Å². The summed E-state index contributed by atoms with van der Waals surface area (Å²) in [5.41, 5.74) is 0.578. The summed E-state index contributed by atoms with van der Waals surface area (Å²) >= 11 is 0. The Morgan fingerprint density at radius 1 is 1.12 bits per heavy atom. The van der Waals surface area contributed by atoms with Gasteiger partial charge in [0.2, 0.25) is 0 Å². The fourth-order valence-corrected chi connectivity index (χ4v) is 1.00. The summed E-state index contributed by atoms with van der Waals surface area (Å²) in [6.07, 6.45) is -1.66. The van der Waals surface area contributed by atoms with Gasteiger partial charge in [0.1, 0.15) is 0 Å². The third kappa shape index (κ3) is 3.02. The highest BCUT2D eigenvalue weighted by atomic mass is 16.7. The minimum Gasteiger partial charge on any atom is -0.449 e. The molecule has 84 valence electrons. The summed E-state index contributed by atoms with van der Waals surface area (Å²) in [5, 5.41) is 16.8. The van der Waals surface area contributed by atoms with Gasteiger partial charge in [0.25, 0.3) is 0 Å². The zero-order valence-electron chi connectivity index (χ0n) is 8.04. The van der Waals surface area contributed by atoms with Crippen molar-refractivity contribution < 1.29 is 29.3 Å². The molecule has 0 atom stereocenters. The minimum absolute atomic E-state index is 0.194. The number of hydrogen-bond donors (Lipinski definition) is 2. The molecule has 0 fully saturated rings. The van der Waals surface area contributed by atoms with Gasteiger partial charge < -0.3 is 19.7 Å². The second-order valence-electron chi connectivity index (χ2n) is 2.65. The van der Waals surface area contributed by atoms with Crippen molar-refractivity contribution in [2.45, 2.75) is 0 Å². The van der Waals surface area contributed by atoms with E-state index in [4.69, 9.17) is 10.2 Å². The smallest absolute Gasteiger partial charge is 0.449 e. The van der Waals surface area contributed by atoms with E-state index in [-0.39, 0.29) is 11.5 Å². The third-order valence-corrected chi connectivity index (χ3v) is 1.60. The lowest BCUT2D eigenvalue weighted by Crippen LogP contribution is -2.08. The number of carboxylic acid groups (broad SMARTS) is 2. The van der Waals surface area contributed by atoms with Gasteiger partial charge in [0.15, 0.2) is 11.5 Å². The summed E-state index contributed by atoms with van der Waals surface area (Å²) in [5.74, 6) is -0.396. The van der Waals surface area contributed by atoms with Gasteiger partial charge in [0.05, 0.1) is 0 Å².